The Morgan fingerprint density at radius 3 is 2.53 bits per heavy atom. The molecule has 0 saturated carbocycles. The second-order valence-electron chi connectivity index (χ2n) is 10.1. The molecule has 0 N–H and O–H groups in total. The lowest BCUT2D eigenvalue weighted by atomic mass is 9.95. The second-order valence-corrected chi connectivity index (χ2v) is 11.2. The number of ether oxygens (including phenoxy) is 1. The van der Waals surface area contributed by atoms with Gasteiger partial charge in [0.05, 0.1) is 5.69 Å². The van der Waals surface area contributed by atoms with Gasteiger partial charge in [-0.1, -0.05) is 62.0 Å². The van der Waals surface area contributed by atoms with E-state index in [9.17, 15) is 18.0 Å². The fourth-order valence-electron chi connectivity index (χ4n) is 4.82. The van der Waals surface area contributed by atoms with Gasteiger partial charge in [0.15, 0.2) is 11.0 Å². The number of hydrogen-bond donors (Lipinski definition) is 0. The maximum atomic E-state index is 12.6. The highest BCUT2D eigenvalue weighted by Gasteiger charge is 2.31. The van der Waals surface area contributed by atoms with E-state index in [0.29, 0.717) is 29.0 Å². The number of halogens is 3. The second kappa shape index (κ2) is 12.8. The minimum absolute atomic E-state index is 0.313. The molecule has 4 aromatic rings. The molecule has 8 nitrogen and oxygen atoms in total. The standard InChI is InChI=1S/C31H29F3N6O2S/c1-20(2)27-21(3)5-4-6-26(27)39-17-18-43-30(39)37-29(41)35-16-15-22-7-9-23(10-8-22)28-36-19-40(38-28)24-11-13-25(14-12-24)42-31(32,33)34/h4-14,16,19-20H,15,17-18H2,1-3H3. The molecule has 1 saturated heterocycles. The van der Waals surface area contributed by atoms with Gasteiger partial charge < -0.3 is 9.64 Å². The van der Waals surface area contributed by atoms with Crippen LogP contribution in [0.15, 0.2) is 83.0 Å². The number of amides is 2. The number of carbonyl (C=O) groups excluding carboxylic acids is 1. The number of aromatic nitrogens is 3. The Morgan fingerprint density at radius 2 is 1.84 bits per heavy atom. The van der Waals surface area contributed by atoms with E-state index in [1.54, 1.807) is 18.0 Å². The molecule has 0 bridgehead atoms. The minimum Gasteiger partial charge on any atom is -0.406 e. The van der Waals surface area contributed by atoms with Crippen molar-refractivity contribution in [3.05, 3.63) is 89.7 Å². The monoisotopic (exact) mass is 606 g/mol. The van der Waals surface area contributed by atoms with Gasteiger partial charge in [-0.2, -0.15) is 4.99 Å². The van der Waals surface area contributed by atoms with Gasteiger partial charge in [-0.15, -0.1) is 18.3 Å². The molecule has 0 radical (unpaired) electrons. The van der Waals surface area contributed by atoms with Crippen LogP contribution in [-0.2, 0) is 6.42 Å². The number of benzene rings is 3. The third-order valence-electron chi connectivity index (χ3n) is 6.71. The topological polar surface area (TPSA) is 85.0 Å². The molecule has 0 aliphatic carbocycles. The first-order valence-electron chi connectivity index (χ1n) is 13.6. The highest BCUT2D eigenvalue weighted by atomic mass is 32.2. The third-order valence-corrected chi connectivity index (χ3v) is 7.66. The lowest BCUT2D eigenvalue weighted by Crippen LogP contribution is -2.26. The van der Waals surface area contributed by atoms with Crippen molar-refractivity contribution in [2.75, 3.05) is 17.2 Å². The first kappa shape index (κ1) is 30.0. The van der Waals surface area contributed by atoms with Gasteiger partial charge in [0.1, 0.15) is 12.1 Å². The van der Waals surface area contributed by atoms with E-state index < -0.39 is 12.4 Å². The Hall–Kier alpha value is -4.45. The highest BCUT2D eigenvalue weighted by Crippen LogP contribution is 2.34. The fraction of sp³-hybridized carbons (Fsp3) is 0.258. The number of thioether (sulfide) groups is 1. The van der Waals surface area contributed by atoms with Crippen LogP contribution in [0.3, 0.4) is 0 Å². The lowest BCUT2D eigenvalue weighted by Gasteiger charge is -2.24. The number of anilines is 1. The average Bonchev–Trinajstić information content (AvgIpc) is 3.63. The van der Waals surface area contributed by atoms with E-state index in [4.69, 9.17) is 0 Å². The van der Waals surface area contributed by atoms with Crippen LogP contribution < -0.4 is 9.64 Å². The summed E-state index contributed by atoms with van der Waals surface area (Å²) in [6.07, 6.45) is -1.27. The number of aryl methyl sites for hydroxylation is 1. The molecule has 3 aromatic carbocycles. The van der Waals surface area contributed by atoms with Gasteiger partial charge in [-0.25, -0.2) is 19.5 Å². The van der Waals surface area contributed by atoms with Crippen LogP contribution in [0.1, 0.15) is 36.5 Å². The number of urea groups is 1. The maximum absolute atomic E-state index is 12.6. The van der Waals surface area contributed by atoms with Gasteiger partial charge >= 0.3 is 12.4 Å². The molecule has 43 heavy (non-hydrogen) atoms. The summed E-state index contributed by atoms with van der Waals surface area (Å²) >= 11 is 1.55. The number of nitrogens with zero attached hydrogens (tertiary/aromatic N) is 6. The molecule has 5 rings (SSSR count). The molecule has 0 spiro atoms. The van der Waals surface area contributed by atoms with Crippen molar-refractivity contribution in [1.29, 1.82) is 0 Å². The molecule has 0 atom stereocenters. The van der Waals surface area contributed by atoms with Crippen molar-refractivity contribution >= 4 is 34.9 Å². The van der Waals surface area contributed by atoms with Gasteiger partial charge in [-0.3, -0.25) is 0 Å². The number of aliphatic imine (C=N–C) groups is 2. The van der Waals surface area contributed by atoms with Gasteiger partial charge in [-0.05, 0) is 59.9 Å². The average molecular weight is 607 g/mol. The van der Waals surface area contributed by atoms with Crippen molar-refractivity contribution in [3.8, 4) is 22.8 Å². The summed E-state index contributed by atoms with van der Waals surface area (Å²) in [5, 5.41) is 5.08. The van der Waals surface area contributed by atoms with Crippen molar-refractivity contribution in [2.24, 2.45) is 9.98 Å². The zero-order chi connectivity index (χ0) is 30.6. The van der Waals surface area contributed by atoms with Crippen LogP contribution in [0.2, 0.25) is 0 Å². The van der Waals surface area contributed by atoms with Crippen LogP contribution in [0, 0.1) is 6.92 Å². The van der Waals surface area contributed by atoms with E-state index in [0.717, 1.165) is 29.1 Å². The van der Waals surface area contributed by atoms with Crippen LogP contribution in [0.5, 0.6) is 5.75 Å². The summed E-state index contributed by atoms with van der Waals surface area (Å²) in [6, 6.07) is 18.5. The molecule has 1 aliphatic rings. The Morgan fingerprint density at radius 1 is 1.09 bits per heavy atom. The molecule has 2 amide bonds. The number of amidine groups is 1. The van der Waals surface area contributed by atoms with Gasteiger partial charge in [0.25, 0.3) is 0 Å². The highest BCUT2D eigenvalue weighted by molar-refractivity contribution is 8.14. The SMILES string of the molecule is Cc1cccc(N2CCSC2=NC(=O)N=CCc2ccc(-c3ncn(-c4ccc(OC(F)(F)F)cc4)n3)cc2)c1C(C)C. The Balaban J connectivity index is 1.20. The molecule has 222 valence electrons. The van der Waals surface area contributed by atoms with Crippen molar-refractivity contribution in [1.82, 2.24) is 14.8 Å². The molecule has 12 heteroatoms. The normalized spacial score (nSPS) is 14.8. The minimum atomic E-state index is -4.75. The zero-order valence-corrected chi connectivity index (χ0v) is 24.6. The molecule has 1 fully saturated rings. The van der Waals surface area contributed by atoms with Crippen LogP contribution >= 0.6 is 11.8 Å². The summed E-state index contributed by atoms with van der Waals surface area (Å²) in [5.74, 6) is 1.34. The number of hydrogen-bond acceptors (Lipinski definition) is 5. The van der Waals surface area contributed by atoms with Gasteiger partial charge in [0, 0.05) is 36.2 Å². The predicted octanol–water partition coefficient (Wildman–Crippen LogP) is 7.61. The molecular formula is C31H29F3N6O2S. The molecule has 2 heterocycles. The van der Waals surface area contributed by atoms with E-state index in [-0.39, 0.29) is 5.75 Å². The quantitative estimate of drug-likeness (QED) is 0.201. The first-order valence-corrected chi connectivity index (χ1v) is 14.6. The first-order chi connectivity index (χ1) is 20.6. The summed E-state index contributed by atoms with van der Waals surface area (Å²) < 4.78 is 42.5. The predicted molar refractivity (Wildman–Crippen MR) is 164 cm³/mol. The van der Waals surface area contributed by atoms with E-state index in [1.807, 2.05) is 30.3 Å². The number of rotatable bonds is 7. The van der Waals surface area contributed by atoms with Crippen molar-refractivity contribution in [3.63, 3.8) is 0 Å². The largest absolute Gasteiger partial charge is 0.573 e. The van der Waals surface area contributed by atoms with E-state index in [2.05, 4.69) is 62.6 Å². The third kappa shape index (κ3) is 7.50. The molecule has 0 unspecified atom stereocenters. The Labute approximate surface area is 251 Å². The van der Waals surface area contributed by atoms with Gasteiger partial charge in [0.2, 0.25) is 0 Å². The van der Waals surface area contributed by atoms with Crippen molar-refractivity contribution in [2.45, 2.75) is 39.5 Å². The zero-order valence-electron chi connectivity index (χ0n) is 23.7. The molecule has 1 aromatic heterocycles. The van der Waals surface area contributed by atoms with Crippen molar-refractivity contribution < 1.29 is 22.7 Å². The van der Waals surface area contributed by atoms with E-state index >= 15 is 0 Å². The Kier molecular flexibility index (Phi) is 8.95. The molecular weight excluding hydrogens is 577 g/mol. The molecule has 1 aliphatic heterocycles. The smallest absolute Gasteiger partial charge is 0.406 e. The number of carbonyl (C=O) groups is 1. The van der Waals surface area contributed by atoms with E-state index in [1.165, 1.54) is 46.4 Å². The lowest BCUT2D eigenvalue weighted by molar-refractivity contribution is -0.274. The number of alkyl halides is 3. The van der Waals surface area contributed by atoms with Crippen LogP contribution in [0.25, 0.3) is 17.1 Å². The maximum Gasteiger partial charge on any atom is 0.573 e. The summed E-state index contributed by atoms with van der Waals surface area (Å²) in [4.78, 5) is 27.3. The van der Waals surface area contributed by atoms with Crippen LogP contribution in [-0.4, -0.2) is 50.8 Å². The summed E-state index contributed by atoms with van der Waals surface area (Å²) in [5.41, 5.74) is 5.79. The van der Waals surface area contributed by atoms with Crippen LogP contribution in [0.4, 0.5) is 23.7 Å². The summed E-state index contributed by atoms with van der Waals surface area (Å²) in [6.45, 7) is 7.22. The Bertz CT molecular complexity index is 1650. The fourth-order valence-corrected chi connectivity index (χ4v) is 5.76. The summed E-state index contributed by atoms with van der Waals surface area (Å²) in [7, 11) is 0.